The third-order valence-corrected chi connectivity index (χ3v) is 4.95. The maximum absolute atomic E-state index is 11.3. The first-order chi connectivity index (χ1) is 9.61. The van der Waals surface area contributed by atoms with Gasteiger partial charge in [0.2, 0.25) is 0 Å². The van der Waals surface area contributed by atoms with Crippen molar-refractivity contribution in [3.8, 4) is 5.75 Å². The minimum Gasteiger partial charge on any atom is -0.497 e. The zero-order valence-corrected chi connectivity index (χ0v) is 12.0. The summed E-state index contributed by atoms with van der Waals surface area (Å²) in [4.78, 5) is 13.8. The van der Waals surface area contributed by atoms with Crippen LogP contribution in [-0.2, 0) is 4.79 Å². The van der Waals surface area contributed by atoms with Gasteiger partial charge in [-0.1, -0.05) is 12.1 Å². The lowest BCUT2D eigenvalue weighted by molar-refractivity contribution is -0.142. The van der Waals surface area contributed by atoms with Gasteiger partial charge in [0.05, 0.1) is 13.0 Å². The third-order valence-electron chi connectivity index (χ3n) is 4.95. The largest absolute Gasteiger partial charge is 0.497 e. The predicted octanol–water partition coefficient (Wildman–Crippen LogP) is 2.69. The molecule has 3 rings (SSSR count). The molecule has 2 aliphatic heterocycles. The molecular formula is C16H21NO3. The molecule has 1 N–H and O–H groups in total. The second-order valence-electron chi connectivity index (χ2n) is 5.88. The molecule has 4 nitrogen and oxygen atoms in total. The molecule has 1 aromatic rings. The average Bonchev–Trinajstić information content (AvgIpc) is 3.04. The molecule has 20 heavy (non-hydrogen) atoms. The second kappa shape index (κ2) is 5.09. The van der Waals surface area contributed by atoms with Crippen LogP contribution in [-0.4, -0.2) is 35.2 Å². The molecule has 2 fully saturated rings. The first-order valence-electron chi connectivity index (χ1n) is 7.26. The molecule has 1 aromatic carbocycles. The van der Waals surface area contributed by atoms with E-state index >= 15 is 0 Å². The molecule has 0 aliphatic carbocycles. The summed E-state index contributed by atoms with van der Waals surface area (Å²) in [5.41, 5.74) is 1.23. The lowest BCUT2D eigenvalue weighted by Gasteiger charge is -2.30. The predicted molar refractivity (Wildman–Crippen MR) is 75.8 cm³/mol. The number of hydrogen-bond donors (Lipinski definition) is 1. The number of methoxy groups -OCH3 is 1. The first kappa shape index (κ1) is 13.4. The van der Waals surface area contributed by atoms with Crippen LogP contribution in [0.2, 0.25) is 0 Å². The van der Waals surface area contributed by atoms with Crippen LogP contribution in [0.4, 0.5) is 0 Å². The van der Waals surface area contributed by atoms with Gasteiger partial charge in [-0.3, -0.25) is 9.69 Å². The van der Waals surface area contributed by atoms with Crippen LogP contribution >= 0.6 is 0 Å². The highest BCUT2D eigenvalue weighted by Crippen LogP contribution is 2.46. The molecular weight excluding hydrogens is 254 g/mol. The fraction of sp³-hybridized carbons (Fsp3) is 0.562. The second-order valence-corrected chi connectivity index (χ2v) is 5.88. The third kappa shape index (κ3) is 2.08. The average molecular weight is 275 g/mol. The highest BCUT2D eigenvalue weighted by Gasteiger charge is 2.50. The SMILES string of the molecule is COc1ccc(C(C)N2C3CCC2C(C(=O)O)C3)cc1. The van der Waals surface area contributed by atoms with Gasteiger partial charge in [0, 0.05) is 18.1 Å². The molecule has 0 amide bonds. The number of carboxylic acid groups (broad SMARTS) is 1. The van der Waals surface area contributed by atoms with Gasteiger partial charge in [-0.25, -0.2) is 0 Å². The number of hydrogen-bond acceptors (Lipinski definition) is 3. The fourth-order valence-corrected chi connectivity index (χ4v) is 3.95. The number of benzene rings is 1. The summed E-state index contributed by atoms with van der Waals surface area (Å²) in [6.45, 7) is 2.18. The van der Waals surface area contributed by atoms with E-state index in [1.54, 1.807) is 7.11 Å². The highest BCUT2D eigenvalue weighted by atomic mass is 16.5. The summed E-state index contributed by atoms with van der Waals surface area (Å²) in [5, 5.41) is 9.33. The van der Waals surface area contributed by atoms with Crippen molar-refractivity contribution in [2.45, 2.75) is 44.3 Å². The van der Waals surface area contributed by atoms with Crippen LogP contribution in [0.3, 0.4) is 0 Å². The zero-order chi connectivity index (χ0) is 14.3. The summed E-state index contributed by atoms with van der Waals surface area (Å²) in [7, 11) is 1.66. The van der Waals surface area contributed by atoms with Gasteiger partial charge in [-0.15, -0.1) is 0 Å². The standard InChI is InChI=1S/C16H21NO3/c1-10(11-3-6-13(20-2)7-4-11)17-12-5-8-15(17)14(9-12)16(18)19/h3-4,6-7,10,12,14-15H,5,8-9H2,1-2H3,(H,18,19). The summed E-state index contributed by atoms with van der Waals surface area (Å²) in [5.74, 6) is 0.0346. The minimum atomic E-state index is -0.635. The molecule has 0 aromatic heterocycles. The topological polar surface area (TPSA) is 49.8 Å². The van der Waals surface area contributed by atoms with Gasteiger partial charge in [0.25, 0.3) is 0 Å². The number of ether oxygens (including phenoxy) is 1. The Kier molecular flexibility index (Phi) is 3.42. The monoisotopic (exact) mass is 275 g/mol. The summed E-state index contributed by atoms with van der Waals surface area (Å²) in [6.07, 6.45) is 2.96. The van der Waals surface area contributed by atoms with Crippen molar-refractivity contribution in [2.24, 2.45) is 5.92 Å². The van der Waals surface area contributed by atoms with Crippen molar-refractivity contribution in [2.75, 3.05) is 7.11 Å². The van der Waals surface area contributed by atoms with Crippen LogP contribution < -0.4 is 4.74 Å². The molecule has 2 aliphatic rings. The molecule has 4 heteroatoms. The number of carbonyl (C=O) groups is 1. The molecule has 4 unspecified atom stereocenters. The van der Waals surface area contributed by atoms with Crippen molar-refractivity contribution in [3.05, 3.63) is 29.8 Å². The summed E-state index contributed by atoms with van der Waals surface area (Å²) < 4.78 is 5.19. The Balaban J connectivity index is 1.80. The van der Waals surface area contributed by atoms with Crippen LogP contribution in [0, 0.1) is 5.92 Å². The van der Waals surface area contributed by atoms with Gasteiger partial charge in [0.15, 0.2) is 0 Å². The Morgan fingerprint density at radius 1 is 1.35 bits per heavy atom. The molecule has 0 radical (unpaired) electrons. The zero-order valence-electron chi connectivity index (χ0n) is 12.0. The lowest BCUT2D eigenvalue weighted by atomic mass is 9.89. The van der Waals surface area contributed by atoms with Crippen molar-refractivity contribution in [3.63, 3.8) is 0 Å². The van der Waals surface area contributed by atoms with E-state index < -0.39 is 5.97 Å². The van der Waals surface area contributed by atoms with Crippen LogP contribution in [0.15, 0.2) is 24.3 Å². The van der Waals surface area contributed by atoms with Gasteiger partial charge < -0.3 is 9.84 Å². The Morgan fingerprint density at radius 3 is 2.60 bits per heavy atom. The molecule has 0 saturated carbocycles. The molecule has 108 valence electrons. The van der Waals surface area contributed by atoms with Crippen LogP contribution in [0.25, 0.3) is 0 Å². The van der Waals surface area contributed by atoms with E-state index in [0.717, 1.165) is 25.0 Å². The van der Waals surface area contributed by atoms with E-state index in [1.807, 2.05) is 12.1 Å². The molecule has 0 spiro atoms. The number of aliphatic carboxylic acids is 1. The maximum Gasteiger partial charge on any atom is 0.308 e. The lowest BCUT2D eigenvalue weighted by Crippen LogP contribution is -2.34. The number of rotatable bonds is 4. The summed E-state index contributed by atoms with van der Waals surface area (Å²) >= 11 is 0. The molecule has 2 heterocycles. The van der Waals surface area contributed by atoms with Gasteiger partial charge in [-0.2, -0.15) is 0 Å². The van der Waals surface area contributed by atoms with E-state index in [4.69, 9.17) is 4.74 Å². The maximum atomic E-state index is 11.3. The smallest absolute Gasteiger partial charge is 0.308 e. The van der Waals surface area contributed by atoms with Crippen LogP contribution in [0.1, 0.15) is 37.8 Å². The molecule has 2 bridgehead atoms. The fourth-order valence-electron chi connectivity index (χ4n) is 3.95. The number of carboxylic acids is 1. The number of nitrogens with zero attached hydrogens (tertiary/aromatic N) is 1. The minimum absolute atomic E-state index is 0.186. The van der Waals surface area contributed by atoms with E-state index in [0.29, 0.717) is 6.04 Å². The van der Waals surface area contributed by atoms with E-state index in [1.165, 1.54) is 5.56 Å². The Hall–Kier alpha value is -1.55. The highest BCUT2D eigenvalue weighted by molar-refractivity contribution is 5.71. The van der Waals surface area contributed by atoms with Gasteiger partial charge in [-0.05, 0) is 43.9 Å². The Bertz CT molecular complexity index is 499. The van der Waals surface area contributed by atoms with Crippen LogP contribution in [0.5, 0.6) is 5.75 Å². The van der Waals surface area contributed by atoms with Crippen molar-refractivity contribution in [1.82, 2.24) is 4.90 Å². The molecule has 4 atom stereocenters. The Labute approximate surface area is 119 Å². The van der Waals surface area contributed by atoms with E-state index in [9.17, 15) is 9.90 Å². The van der Waals surface area contributed by atoms with E-state index in [2.05, 4.69) is 24.0 Å². The Morgan fingerprint density at radius 2 is 2.05 bits per heavy atom. The normalized spacial score (nSPS) is 30.4. The quantitative estimate of drug-likeness (QED) is 0.918. The first-order valence-corrected chi connectivity index (χ1v) is 7.26. The van der Waals surface area contributed by atoms with Gasteiger partial charge >= 0.3 is 5.97 Å². The van der Waals surface area contributed by atoms with Crippen molar-refractivity contribution < 1.29 is 14.6 Å². The van der Waals surface area contributed by atoms with Gasteiger partial charge in [0.1, 0.15) is 5.75 Å². The summed E-state index contributed by atoms with van der Waals surface area (Å²) in [6, 6.07) is 9.00. The number of fused-ring (bicyclic) bond motifs is 2. The molecule has 2 saturated heterocycles. The van der Waals surface area contributed by atoms with E-state index in [-0.39, 0.29) is 18.0 Å². The van der Waals surface area contributed by atoms with Crippen molar-refractivity contribution >= 4 is 5.97 Å². The van der Waals surface area contributed by atoms with Crippen molar-refractivity contribution in [1.29, 1.82) is 0 Å².